The number of aryl methyl sites for hydroxylation is 1. The third-order valence-electron chi connectivity index (χ3n) is 2.51. The molecule has 0 radical (unpaired) electrons. The second-order valence-corrected chi connectivity index (χ2v) is 3.70. The van der Waals surface area contributed by atoms with Crippen LogP contribution >= 0.6 is 0 Å². The molecule has 0 heterocycles. The van der Waals surface area contributed by atoms with Gasteiger partial charge in [-0.2, -0.15) is 0 Å². The molecule has 3 heteroatoms. The van der Waals surface area contributed by atoms with Gasteiger partial charge >= 0.3 is 0 Å². The molecule has 96 valence electrons. The molecule has 0 amide bonds. The summed E-state index contributed by atoms with van der Waals surface area (Å²) >= 11 is 0. The highest BCUT2D eigenvalue weighted by Gasteiger charge is 2.04. The zero-order valence-corrected chi connectivity index (χ0v) is 10.8. The number of hydrogen-bond donors (Lipinski definition) is 3. The van der Waals surface area contributed by atoms with Gasteiger partial charge in [-0.25, -0.2) is 0 Å². The van der Waals surface area contributed by atoms with Gasteiger partial charge in [0.2, 0.25) is 0 Å². The molecule has 0 saturated carbocycles. The number of aromatic hydroxyl groups is 3. The molecule has 18 heavy (non-hydrogen) atoms. The normalized spacial score (nSPS) is 9.50. The van der Waals surface area contributed by atoms with Crippen molar-refractivity contribution in [3.05, 3.63) is 42.0 Å². The van der Waals surface area contributed by atoms with Crippen LogP contribution < -0.4 is 0 Å². The summed E-state index contributed by atoms with van der Waals surface area (Å²) < 4.78 is 0. The van der Waals surface area contributed by atoms with Crippen LogP contribution in [0.15, 0.2) is 36.4 Å². The topological polar surface area (TPSA) is 60.7 Å². The molecule has 0 aliphatic heterocycles. The van der Waals surface area contributed by atoms with Crippen molar-refractivity contribution in [2.75, 3.05) is 0 Å². The first-order valence-electron chi connectivity index (χ1n) is 5.90. The lowest BCUT2D eigenvalue weighted by Crippen LogP contribution is -1.80. The van der Waals surface area contributed by atoms with Crippen LogP contribution in [0.5, 0.6) is 17.2 Å². The van der Waals surface area contributed by atoms with E-state index in [-0.39, 0.29) is 17.2 Å². The summed E-state index contributed by atoms with van der Waals surface area (Å²) in [5, 5.41) is 28.0. The standard InChI is InChI=1S/C13H12O3.C2H6/c1-8-6-9(2-4-11(8)14)10-3-5-12(15)13(16)7-10;1-2/h2-7,14-16H,1H3;1-2H3. The van der Waals surface area contributed by atoms with E-state index in [1.807, 2.05) is 19.9 Å². The number of rotatable bonds is 1. The molecule has 0 saturated heterocycles. The highest BCUT2D eigenvalue weighted by atomic mass is 16.3. The molecule has 0 spiro atoms. The Kier molecular flexibility index (Phi) is 4.60. The Bertz CT molecular complexity index is 484. The lowest BCUT2D eigenvalue weighted by atomic mass is 10.0. The first-order valence-corrected chi connectivity index (χ1v) is 5.90. The summed E-state index contributed by atoms with van der Waals surface area (Å²) in [6, 6.07) is 9.82. The van der Waals surface area contributed by atoms with Gasteiger partial charge in [-0.15, -0.1) is 0 Å². The summed E-state index contributed by atoms with van der Waals surface area (Å²) in [7, 11) is 0. The monoisotopic (exact) mass is 246 g/mol. The molecule has 0 atom stereocenters. The van der Waals surface area contributed by atoms with E-state index in [2.05, 4.69) is 0 Å². The van der Waals surface area contributed by atoms with Gasteiger partial charge in [0.15, 0.2) is 11.5 Å². The largest absolute Gasteiger partial charge is 0.508 e. The van der Waals surface area contributed by atoms with Gasteiger partial charge in [-0.05, 0) is 47.9 Å². The van der Waals surface area contributed by atoms with Gasteiger partial charge in [0.1, 0.15) is 5.75 Å². The smallest absolute Gasteiger partial charge is 0.158 e. The van der Waals surface area contributed by atoms with Crippen LogP contribution in [0.25, 0.3) is 11.1 Å². The van der Waals surface area contributed by atoms with Gasteiger partial charge in [-0.1, -0.05) is 26.0 Å². The first-order chi connectivity index (χ1) is 8.58. The maximum Gasteiger partial charge on any atom is 0.158 e. The molecule has 2 aromatic rings. The fourth-order valence-electron chi connectivity index (χ4n) is 1.54. The zero-order valence-electron chi connectivity index (χ0n) is 10.8. The average Bonchev–Trinajstić information content (AvgIpc) is 2.38. The predicted molar refractivity (Wildman–Crippen MR) is 73.0 cm³/mol. The third-order valence-corrected chi connectivity index (χ3v) is 2.51. The summed E-state index contributed by atoms with van der Waals surface area (Å²) in [5.41, 5.74) is 2.44. The van der Waals surface area contributed by atoms with Crippen molar-refractivity contribution >= 4 is 0 Å². The van der Waals surface area contributed by atoms with Crippen LogP contribution in [0.1, 0.15) is 19.4 Å². The number of phenolic OH excluding ortho intramolecular Hbond substituents is 3. The van der Waals surface area contributed by atoms with Gasteiger partial charge < -0.3 is 15.3 Å². The molecule has 2 aromatic carbocycles. The molecule has 0 unspecified atom stereocenters. The van der Waals surface area contributed by atoms with E-state index < -0.39 is 0 Å². The van der Waals surface area contributed by atoms with Crippen molar-refractivity contribution in [2.24, 2.45) is 0 Å². The molecule has 0 fully saturated rings. The molecule has 0 aromatic heterocycles. The van der Waals surface area contributed by atoms with E-state index >= 15 is 0 Å². The third kappa shape index (κ3) is 2.94. The summed E-state index contributed by atoms with van der Waals surface area (Å²) in [6.07, 6.45) is 0. The SMILES string of the molecule is CC.Cc1cc(-c2ccc(O)c(O)c2)ccc1O. The molecule has 0 aliphatic carbocycles. The Morgan fingerprint density at radius 1 is 0.667 bits per heavy atom. The minimum Gasteiger partial charge on any atom is -0.508 e. The average molecular weight is 246 g/mol. The number of phenols is 3. The maximum atomic E-state index is 9.40. The maximum absolute atomic E-state index is 9.40. The quantitative estimate of drug-likeness (QED) is 0.670. The van der Waals surface area contributed by atoms with Crippen LogP contribution in [0, 0.1) is 6.92 Å². The molecular weight excluding hydrogens is 228 g/mol. The van der Waals surface area contributed by atoms with Crippen LogP contribution in [-0.2, 0) is 0 Å². The Hall–Kier alpha value is -2.16. The Labute approximate surface area is 107 Å². The number of hydrogen-bond acceptors (Lipinski definition) is 3. The van der Waals surface area contributed by atoms with Crippen molar-refractivity contribution in [2.45, 2.75) is 20.8 Å². The first kappa shape index (κ1) is 13.9. The van der Waals surface area contributed by atoms with E-state index in [9.17, 15) is 15.3 Å². The van der Waals surface area contributed by atoms with Crippen molar-refractivity contribution in [1.29, 1.82) is 0 Å². The molecule has 3 nitrogen and oxygen atoms in total. The van der Waals surface area contributed by atoms with Crippen molar-refractivity contribution in [3.63, 3.8) is 0 Å². The minimum absolute atomic E-state index is 0.140. The molecule has 3 N–H and O–H groups in total. The van der Waals surface area contributed by atoms with Gasteiger partial charge in [0.05, 0.1) is 0 Å². The van der Waals surface area contributed by atoms with E-state index in [0.717, 1.165) is 16.7 Å². The summed E-state index contributed by atoms with van der Waals surface area (Å²) in [6.45, 7) is 5.80. The van der Waals surface area contributed by atoms with E-state index in [1.165, 1.54) is 12.1 Å². The van der Waals surface area contributed by atoms with Crippen molar-refractivity contribution in [1.82, 2.24) is 0 Å². The van der Waals surface area contributed by atoms with Crippen molar-refractivity contribution in [3.8, 4) is 28.4 Å². The van der Waals surface area contributed by atoms with Gasteiger partial charge in [0, 0.05) is 0 Å². The molecule has 0 aliphatic rings. The van der Waals surface area contributed by atoms with Crippen LogP contribution in [0.4, 0.5) is 0 Å². The van der Waals surface area contributed by atoms with Crippen molar-refractivity contribution < 1.29 is 15.3 Å². The second-order valence-electron chi connectivity index (χ2n) is 3.70. The molecule has 2 rings (SSSR count). The number of benzene rings is 2. The van der Waals surface area contributed by atoms with Crippen LogP contribution in [0.2, 0.25) is 0 Å². The lowest BCUT2D eigenvalue weighted by Gasteiger charge is -2.06. The fourth-order valence-corrected chi connectivity index (χ4v) is 1.54. The van der Waals surface area contributed by atoms with Gasteiger partial charge in [0.25, 0.3) is 0 Å². The predicted octanol–water partition coefficient (Wildman–Crippen LogP) is 3.81. The van der Waals surface area contributed by atoms with E-state index in [0.29, 0.717) is 0 Å². The second kappa shape index (κ2) is 5.96. The Morgan fingerprint density at radius 2 is 1.17 bits per heavy atom. The molecule has 0 bridgehead atoms. The van der Waals surface area contributed by atoms with E-state index in [4.69, 9.17) is 0 Å². The van der Waals surface area contributed by atoms with Gasteiger partial charge in [-0.3, -0.25) is 0 Å². The lowest BCUT2D eigenvalue weighted by molar-refractivity contribution is 0.404. The van der Waals surface area contributed by atoms with Crippen LogP contribution in [0.3, 0.4) is 0 Å². The fraction of sp³-hybridized carbons (Fsp3) is 0.200. The molecular formula is C15H18O3. The Balaban J connectivity index is 0.000000771. The summed E-state index contributed by atoms with van der Waals surface area (Å²) in [5.74, 6) is -0.0470. The zero-order chi connectivity index (χ0) is 13.7. The summed E-state index contributed by atoms with van der Waals surface area (Å²) in [4.78, 5) is 0. The van der Waals surface area contributed by atoms with Crippen LogP contribution in [-0.4, -0.2) is 15.3 Å². The Morgan fingerprint density at radius 3 is 1.67 bits per heavy atom. The highest BCUT2D eigenvalue weighted by Crippen LogP contribution is 2.32. The minimum atomic E-state index is -0.150. The van der Waals surface area contributed by atoms with E-state index in [1.54, 1.807) is 25.1 Å². The highest BCUT2D eigenvalue weighted by molar-refractivity contribution is 5.68.